The van der Waals surface area contributed by atoms with Gasteiger partial charge in [0.15, 0.2) is 0 Å². The Hall–Kier alpha value is -0.240. The SMILES string of the molecule is CC(C)(C)C(C)(C)CNC(=O)CCl. The first-order valence-corrected chi connectivity index (χ1v) is 5.07. The molecule has 0 aliphatic carbocycles. The Morgan fingerprint density at radius 1 is 1.23 bits per heavy atom. The van der Waals surface area contributed by atoms with E-state index in [0.717, 1.165) is 0 Å². The van der Waals surface area contributed by atoms with E-state index in [1.54, 1.807) is 0 Å². The van der Waals surface area contributed by atoms with Gasteiger partial charge in [0.05, 0.1) is 0 Å². The van der Waals surface area contributed by atoms with E-state index in [1.165, 1.54) is 0 Å². The molecule has 78 valence electrons. The number of hydrogen-bond acceptors (Lipinski definition) is 1. The number of carbonyl (C=O) groups is 1. The molecule has 13 heavy (non-hydrogen) atoms. The second kappa shape index (κ2) is 4.32. The summed E-state index contributed by atoms with van der Waals surface area (Å²) in [4.78, 5) is 10.9. The molecule has 0 atom stereocenters. The van der Waals surface area contributed by atoms with Gasteiger partial charge in [0, 0.05) is 6.54 Å². The summed E-state index contributed by atoms with van der Waals surface area (Å²) in [5.74, 6) is -0.0563. The summed E-state index contributed by atoms with van der Waals surface area (Å²) in [5.41, 5.74) is 0.251. The van der Waals surface area contributed by atoms with Crippen LogP contribution in [0.2, 0.25) is 0 Å². The number of nitrogens with one attached hydrogen (secondary N) is 1. The molecule has 0 bridgehead atoms. The van der Waals surface area contributed by atoms with Crippen LogP contribution in [0.4, 0.5) is 0 Å². The van der Waals surface area contributed by atoms with Crippen LogP contribution in [0, 0.1) is 10.8 Å². The van der Waals surface area contributed by atoms with Gasteiger partial charge in [-0.25, -0.2) is 0 Å². The lowest BCUT2D eigenvalue weighted by atomic mass is 9.69. The molecule has 0 aromatic carbocycles. The maximum absolute atomic E-state index is 10.9. The zero-order chi connectivity index (χ0) is 10.7. The van der Waals surface area contributed by atoms with E-state index in [0.29, 0.717) is 6.54 Å². The summed E-state index contributed by atoms with van der Waals surface area (Å²) in [6, 6.07) is 0. The Morgan fingerprint density at radius 2 is 1.69 bits per heavy atom. The van der Waals surface area contributed by atoms with Gasteiger partial charge in [-0.2, -0.15) is 0 Å². The molecule has 2 nitrogen and oxygen atoms in total. The molecule has 0 radical (unpaired) electrons. The van der Waals surface area contributed by atoms with E-state index < -0.39 is 0 Å². The van der Waals surface area contributed by atoms with Crippen LogP contribution in [0.25, 0.3) is 0 Å². The lowest BCUT2D eigenvalue weighted by Crippen LogP contribution is -2.42. The van der Waals surface area contributed by atoms with Crippen molar-refractivity contribution in [1.82, 2.24) is 5.32 Å². The fourth-order valence-corrected chi connectivity index (χ4v) is 0.726. The second-order valence-electron chi connectivity index (χ2n) is 5.04. The highest BCUT2D eigenvalue weighted by Gasteiger charge is 2.32. The van der Waals surface area contributed by atoms with Crippen molar-refractivity contribution in [2.24, 2.45) is 10.8 Å². The average Bonchev–Trinajstić information content (AvgIpc) is 1.98. The van der Waals surface area contributed by atoms with Gasteiger partial charge in [-0.1, -0.05) is 34.6 Å². The first kappa shape index (κ1) is 12.8. The molecule has 0 heterocycles. The average molecular weight is 206 g/mol. The Kier molecular flexibility index (Phi) is 4.24. The molecular weight excluding hydrogens is 186 g/mol. The standard InChI is InChI=1S/C10H20ClNO/c1-9(2,3)10(4,5)7-12-8(13)6-11/h6-7H2,1-5H3,(H,12,13). The van der Waals surface area contributed by atoms with Crippen molar-refractivity contribution in [3.05, 3.63) is 0 Å². The zero-order valence-corrected chi connectivity index (χ0v) is 9.96. The predicted octanol–water partition coefficient (Wildman–Crippen LogP) is 2.41. The molecule has 0 saturated heterocycles. The fraction of sp³-hybridized carbons (Fsp3) is 0.900. The molecule has 0 unspecified atom stereocenters. The lowest BCUT2D eigenvalue weighted by Gasteiger charge is -2.38. The maximum Gasteiger partial charge on any atom is 0.234 e. The van der Waals surface area contributed by atoms with Crippen molar-refractivity contribution in [3.8, 4) is 0 Å². The number of hydrogen-bond donors (Lipinski definition) is 1. The summed E-state index contributed by atoms with van der Waals surface area (Å²) in [6.45, 7) is 11.4. The summed E-state index contributed by atoms with van der Waals surface area (Å²) < 4.78 is 0. The van der Waals surface area contributed by atoms with Gasteiger partial charge in [0.25, 0.3) is 0 Å². The summed E-state index contributed by atoms with van der Waals surface area (Å²) in [6.07, 6.45) is 0. The van der Waals surface area contributed by atoms with Crippen LogP contribution in [-0.4, -0.2) is 18.3 Å². The first-order valence-electron chi connectivity index (χ1n) is 4.53. The van der Waals surface area contributed by atoms with E-state index >= 15 is 0 Å². The minimum Gasteiger partial charge on any atom is -0.355 e. The number of rotatable bonds is 3. The number of carbonyl (C=O) groups excluding carboxylic acids is 1. The van der Waals surface area contributed by atoms with Crippen molar-refractivity contribution in [3.63, 3.8) is 0 Å². The predicted molar refractivity (Wildman–Crippen MR) is 57.0 cm³/mol. The Bertz CT molecular complexity index is 182. The van der Waals surface area contributed by atoms with E-state index in [9.17, 15) is 4.79 Å². The second-order valence-corrected chi connectivity index (χ2v) is 5.31. The monoisotopic (exact) mass is 205 g/mol. The highest BCUT2D eigenvalue weighted by molar-refractivity contribution is 6.27. The molecule has 0 spiro atoms. The molecule has 3 heteroatoms. The van der Waals surface area contributed by atoms with Crippen LogP contribution >= 0.6 is 11.6 Å². The minimum atomic E-state index is -0.0982. The van der Waals surface area contributed by atoms with Crippen molar-refractivity contribution in [1.29, 1.82) is 0 Å². The number of amides is 1. The molecule has 0 fully saturated rings. The molecule has 0 aliphatic rings. The molecule has 0 aromatic heterocycles. The third-order valence-corrected chi connectivity index (χ3v) is 3.12. The van der Waals surface area contributed by atoms with Crippen LogP contribution in [0.5, 0.6) is 0 Å². The van der Waals surface area contributed by atoms with Gasteiger partial charge < -0.3 is 5.32 Å². The lowest BCUT2D eigenvalue weighted by molar-refractivity contribution is -0.119. The first-order chi connectivity index (χ1) is 5.70. The van der Waals surface area contributed by atoms with Gasteiger partial charge in [-0.15, -0.1) is 11.6 Å². The van der Waals surface area contributed by atoms with Crippen LogP contribution in [0.1, 0.15) is 34.6 Å². The van der Waals surface area contributed by atoms with Gasteiger partial charge in [-0.3, -0.25) is 4.79 Å². The molecule has 0 saturated carbocycles. The van der Waals surface area contributed by atoms with E-state index in [2.05, 4.69) is 39.9 Å². The van der Waals surface area contributed by atoms with Crippen LogP contribution < -0.4 is 5.32 Å². The normalized spacial score (nSPS) is 12.8. The molecule has 0 aromatic rings. The van der Waals surface area contributed by atoms with Crippen molar-refractivity contribution < 1.29 is 4.79 Å². The van der Waals surface area contributed by atoms with Crippen molar-refractivity contribution in [2.45, 2.75) is 34.6 Å². The molecular formula is C10H20ClNO. The summed E-state index contributed by atoms with van der Waals surface area (Å²) >= 11 is 5.38. The molecule has 1 N–H and O–H groups in total. The van der Waals surface area contributed by atoms with E-state index in [4.69, 9.17) is 11.6 Å². The van der Waals surface area contributed by atoms with Gasteiger partial charge in [0.2, 0.25) is 5.91 Å². The Morgan fingerprint density at radius 3 is 2.00 bits per heavy atom. The summed E-state index contributed by atoms with van der Waals surface area (Å²) in [7, 11) is 0. The highest BCUT2D eigenvalue weighted by atomic mass is 35.5. The largest absolute Gasteiger partial charge is 0.355 e. The number of halogens is 1. The van der Waals surface area contributed by atoms with Crippen molar-refractivity contribution >= 4 is 17.5 Å². The quantitative estimate of drug-likeness (QED) is 0.705. The fourth-order valence-electron chi connectivity index (χ4n) is 0.632. The van der Waals surface area contributed by atoms with E-state index in [1.807, 2.05) is 0 Å². The third kappa shape index (κ3) is 3.99. The summed E-state index contributed by atoms with van der Waals surface area (Å²) in [5, 5.41) is 2.81. The van der Waals surface area contributed by atoms with Gasteiger partial charge >= 0.3 is 0 Å². The topological polar surface area (TPSA) is 29.1 Å². The van der Waals surface area contributed by atoms with E-state index in [-0.39, 0.29) is 22.6 Å². The molecule has 1 amide bonds. The van der Waals surface area contributed by atoms with Crippen LogP contribution in [0.3, 0.4) is 0 Å². The highest BCUT2D eigenvalue weighted by Crippen LogP contribution is 2.36. The van der Waals surface area contributed by atoms with Gasteiger partial charge in [0.1, 0.15) is 5.88 Å². The smallest absolute Gasteiger partial charge is 0.234 e. The zero-order valence-electron chi connectivity index (χ0n) is 9.20. The molecule has 0 rings (SSSR count). The Labute approximate surface area is 86.0 Å². The van der Waals surface area contributed by atoms with Crippen molar-refractivity contribution in [2.75, 3.05) is 12.4 Å². The minimum absolute atomic E-state index is 0.0419. The van der Waals surface area contributed by atoms with Crippen LogP contribution in [-0.2, 0) is 4.79 Å². The molecule has 0 aliphatic heterocycles. The Balaban J connectivity index is 4.12. The third-order valence-electron chi connectivity index (χ3n) is 2.88. The maximum atomic E-state index is 10.9. The van der Waals surface area contributed by atoms with Crippen LogP contribution in [0.15, 0.2) is 0 Å². The van der Waals surface area contributed by atoms with Gasteiger partial charge in [-0.05, 0) is 10.8 Å². The number of alkyl halides is 1.